The lowest BCUT2D eigenvalue weighted by molar-refractivity contribution is 0.237. The van der Waals surface area contributed by atoms with E-state index in [0.717, 1.165) is 32.1 Å². The van der Waals surface area contributed by atoms with Gasteiger partial charge in [0.15, 0.2) is 0 Å². The first-order valence-electron chi connectivity index (χ1n) is 7.54. The zero-order chi connectivity index (χ0) is 13.2. The molecule has 0 aromatic heterocycles. The number of hydrogen-bond donors (Lipinski definition) is 2. The van der Waals surface area contributed by atoms with E-state index in [9.17, 15) is 0 Å². The number of fused-ring (bicyclic) bond motifs is 3. The van der Waals surface area contributed by atoms with Crippen LogP contribution in [0.3, 0.4) is 0 Å². The first-order chi connectivity index (χ1) is 8.68. The van der Waals surface area contributed by atoms with E-state index in [1.807, 2.05) is 0 Å². The van der Waals surface area contributed by atoms with Crippen molar-refractivity contribution in [1.29, 1.82) is 0 Å². The molecule has 0 aliphatic carbocycles. The van der Waals surface area contributed by atoms with Crippen LogP contribution in [-0.2, 0) is 0 Å². The highest BCUT2D eigenvalue weighted by Crippen LogP contribution is 1.96. The second-order valence-electron chi connectivity index (χ2n) is 5.92. The molecular formula is C14H32N4. The van der Waals surface area contributed by atoms with Gasteiger partial charge in [0.1, 0.15) is 0 Å². The van der Waals surface area contributed by atoms with Crippen LogP contribution in [-0.4, -0.2) is 75.2 Å². The van der Waals surface area contributed by atoms with Gasteiger partial charge in [-0.2, -0.15) is 0 Å². The van der Waals surface area contributed by atoms with E-state index < -0.39 is 0 Å². The van der Waals surface area contributed by atoms with E-state index in [4.69, 9.17) is 0 Å². The van der Waals surface area contributed by atoms with Gasteiger partial charge in [0.25, 0.3) is 0 Å². The molecule has 0 unspecified atom stereocenters. The molecule has 2 aliphatic rings. The number of nitrogens with zero attached hydrogens (tertiary/aromatic N) is 2. The molecule has 0 amide bonds. The van der Waals surface area contributed by atoms with Crippen LogP contribution in [0, 0.1) is 5.92 Å². The minimum atomic E-state index is 0.833. The van der Waals surface area contributed by atoms with Gasteiger partial charge in [0.05, 0.1) is 0 Å². The predicted octanol–water partition coefficient (Wildman–Crippen LogP) is 0.459. The molecule has 0 atom stereocenters. The van der Waals surface area contributed by atoms with Gasteiger partial charge in [0.2, 0.25) is 0 Å². The molecule has 2 rings (SSSR count). The summed E-state index contributed by atoms with van der Waals surface area (Å²) in [5.74, 6) is 0.833. The maximum absolute atomic E-state index is 3.50. The zero-order valence-electron chi connectivity index (χ0n) is 12.5. The van der Waals surface area contributed by atoms with E-state index in [1.54, 1.807) is 0 Å². The Morgan fingerprint density at radius 3 is 1.17 bits per heavy atom. The van der Waals surface area contributed by atoms with E-state index in [1.165, 1.54) is 39.3 Å². The van der Waals surface area contributed by atoms with Crippen LogP contribution in [0.1, 0.15) is 20.8 Å². The predicted molar refractivity (Wildman–Crippen MR) is 79.1 cm³/mol. The first-order valence-corrected chi connectivity index (χ1v) is 7.54. The van der Waals surface area contributed by atoms with Gasteiger partial charge in [-0.3, -0.25) is 9.80 Å². The zero-order valence-corrected chi connectivity index (χ0v) is 12.5. The second kappa shape index (κ2) is 9.73. The summed E-state index contributed by atoms with van der Waals surface area (Å²) >= 11 is 0. The smallest absolute Gasteiger partial charge is 0.0110 e. The molecular weight excluding hydrogens is 224 g/mol. The normalized spacial score (nSPS) is 30.0. The highest BCUT2D eigenvalue weighted by molar-refractivity contribution is 4.72. The van der Waals surface area contributed by atoms with Crippen molar-refractivity contribution in [3.05, 3.63) is 0 Å². The summed E-state index contributed by atoms with van der Waals surface area (Å²) in [6.45, 7) is 18.4. The fraction of sp³-hybridized carbons (Fsp3) is 1.00. The molecule has 2 N–H and O–H groups in total. The molecule has 18 heavy (non-hydrogen) atoms. The Labute approximate surface area is 113 Å². The van der Waals surface area contributed by atoms with Gasteiger partial charge in [-0.05, 0) is 5.92 Å². The molecule has 0 aromatic rings. The number of nitrogens with one attached hydrogen (secondary N) is 2. The summed E-state index contributed by atoms with van der Waals surface area (Å²) in [6, 6.07) is 0. The van der Waals surface area contributed by atoms with Gasteiger partial charge in [-0.1, -0.05) is 20.8 Å². The van der Waals surface area contributed by atoms with Crippen molar-refractivity contribution in [3.63, 3.8) is 0 Å². The molecule has 2 saturated heterocycles. The van der Waals surface area contributed by atoms with Crippen molar-refractivity contribution in [3.8, 4) is 0 Å². The largest absolute Gasteiger partial charge is 0.314 e. The number of hydrogen-bond acceptors (Lipinski definition) is 4. The molecule has 2 aliphatic heterocycles. The standard InChI is InChI=1S/C10H22N4.C4H10/c1-5-13-7-3-12-4-8-14(10-9-13)6-2-11-1;1-4(2)3/h11-12H,1-10H2;4H,1-3H3. The average Bonchev–Trinajstić information content (AvgIpc) is 2.45. The van der Waals surface area contributed by atoms with Crippen molar-refractivity contribution >= 4 is 0 Å². The average molecular weight is 256 g/mol. The van der Waals surface area contributed by atoms with E-state index in [2.05, 4.69) is 41.2 Å². The Morgan fingerprint density at radius 2 is 0.889 bits per heavy atom. The molecule has 2 fully saturated rings. The molecule has 0 radical (unpaired) electrons. The Bertz CT molecular complexity index is 163. The summed E-state index contributed by atoms with van der Waals surface area (Å²) in [5, 5.41) is 7.00. The minimum absolute atomic E-state index is 0.833. The molecule has 0 saturated carbocycles. The molecule has 108 valence electrons. The maximum atomic E-state index is 3.50. The van der Waals surface area contributed by atoms with Crippen LogP contribution >= 0.6 is 0 Å². The van der Waals surface area contributed by atoms with Crippen LogP contribution < -0.4 is 10.6 Å². The van der Waals surface area contributed by atoms with Gasteiger partial charge in [-0.15, -0.1) is 0 Å². The Balaban J connectivity index is 0.000000357. The van der Waals surface area contributed by atoms with Crippen molar-refractivity contribution in [2.24, 2.45) is 5.92 Å². The maximum Gasteiger partial charge on any atom is 0.0110 e. The van der Waals surface area contributed by atoms with Crippen LogP contribution in [0.25, 0.3) is 0 Å². The third kappa shape index (κ3) is 8.03. The fourth-order valence-electron chi connectivity index (χ4n) is 2.15. The Kier molecular flexibility index (Phi) is 8.59. The summed E-state index contributed by atoms with van der Waals surface area (Å²) in [4.78, 5) is 5.12. The summed E-state index contributed by atoms with van der Waals surface area (Å²) < 4.78 is 0. The van der Waals surface area contributed by atoms with Crippen molar-refractivity contribution in [2.75, 3.05) is 65.4 Å². The molecule has 2 heterocycles. The van der Waals surface area contributed by atoms with Gasteiger partial charge in [0, 0.05) is 65.4 Å². The van der Waals surface area contributed by atoms with Crippen LogP contribution in [0.4, 0.5) is 0 Å². The fourth-order valence-corrected chi connectivity index (χ4v) is 2.15. The lowest BCUT2D eigenvalue weighted by atomic mass is 10.3. The number of rotatable bonds is 0. The molecule has 2 bridgehead atoms. The third-order valence-electron chi connectivity index (χ3n) is 3.15. The SMILES string of the molecule is C1CN2CCNCCN(CCN1)CC2.CC(C)C. The van der Waals surface area contributed by atoms with Gasteiger partial charge in [-0.25, -0.2) is 0 Å². The molecule has 4 nitrogen and oxygen atoms in total. The van der Waals surface area contributed by atoms with E-state index in [0.29, 0.717) is 0 Å². The third-order valence-corrected chi connectivity index (χ3v) is 3.15. The quantitative estimate of drug-likeness (QED) is 0.659. The minimum Gasteiger partial charge on any atom is -0.314 e. The van der Waals surface area contributed by atoms with E-state index in [-0.39, 0.29) is 0 Å². The first kappa shape index (κ1) is 15.9. The van der Waals surface area contributed by atoms with Crippen LogP contribution in [0.2, 0.25) is 0 Å². The van der Waals surface area contributed by atoms with Crippen molar-refractivity contribution < 1.29 is 0 Å². The lowest BCUT2D eigenvalue weighted by Crippen LogP contribution is -2.38. The van der Waals surface area contributed by atoms with Gasteiger partial charge >= 0.3 is 0 Å². The summed E-state index contributed by atoms with van der Waals surface area (Å²) in [5.41, 5.74) is 0. The Hall–Kier alpha value is -0.160. The van der Waals surface area contributed by atoms with Crippen molar-refractivity contribution in [1.82, 2.24) is 20.4 Å². The second-order valence-corrected chi connectivity index (χ2v) is 5.92. The molecule has 0 aromatic carbocycles. The highest BCUT2D eigenvalue weighted by Gasteiger charge is 2.13. The Morgan fingerprint density at radius 1 is 0.611 bits per heavy atom. The lowest BCUT2D eigenvalue weighted by Gasteiger charge is -2.22. The molecule has 0 spiro atoms. The summed E-state index contributed by atoms with van der Waals surface area (Å²) in [6.07, 6.45) is 0. The monoisotopic (exact) mass is 256 g/mol. The van der Waals surface area contributed by atoms with Crippen LogP contribution in [0.15, 0.2) is 0 Å². The van der Waals surface area contributed by atoms with Crippen LogP contribution in [0.5, 0.6) is 0 Å². The van der Waals surface area contributed by atoms with Crippen molar-refractivity contribution in [2.45, 2.75) is 20.8 Å². The highest BCUT2D eigenvalue weighted by atomic mass is 15.2. The summed E-state index contributed by atoms with van der Waals surface area (Å²) in [7, 11) is 0. The topological polar surface area (TPSA) is 30.5 Å². The molecule has 4 heteroatoms. The van der Waals surface area contributed by atoms with E-state index >= 15 is 0 Å². The van der Waals surface area contributed by atoms with Gasteiger partial charge < -0.3 is 10.6 Å².